The fraction of sp³-hybridized carbons (Fsp3) is 0.438. The van der Waals surface area contributed by atoms with Gasteiger partial charge in [-0.25, -0.2) is 4.39 Å². The zero-order valence-corrected chi connectivity index (χ0v) is 13.8. The van der Waals surface area contributed by atoms with Crippen molar-refractivity contribution in [1.29, 1.82) is 0 Å². The van der Waals surface area contributed by atoms with Gasteiger partial charge in [-0.2, -0.15) is 11.8 Å². The van der Waals surface area contributed by atoms with E-state index in [1.165, 1.54) is 23.9 Å². The zero-order valence-electron chi connectivity index (χ0n) is 12.9. The van der Waals surface area contributed by atoms with Crippen molar-refractivity contribution in [3.63, 3.8) is 0 Å². The molecule has 0 saturated heterocycles. The van der Waals surface area contributed by atoms with Crippen LogP contribution in [0.15, 0.2) is 18.2 Å². The van der Waals surface area contributed by atoms with E-state index in [4.69, 9.17) is 0 Å². The summed E-state index contributed by atoms with van der Waals surface area (Å²) in [5.41, 5.74) is 2.50. The van der Waals surface area contributed by atoms with Crippen LogP contribution in [0, 0.1) is 12.7 Å². The molecule has 0 bridgehead atoms. The van der Waals surface area contributed by atoms with E-state index in [0.29, 0.717) is 0 Å². The lowest BCUT2D eigenvalue weighted by Gasteiger charge is -2.21. The minimum atomic E-state index is -0.316. The number of amides is 1. The summed E-state index contributed by atoms with van der Waals surface area (Å²) in [6.45, 7) is 3.76. The molecule has 0 aliphatic rings. The number of aliphatic hydroxyl groups is 1. The summed E-state index contributed by atoms with van der Waals surface area (Å²) in [6, 6.07) is 4.39. The minimum absolute atomic E-state index is 0.0138. The second-order valence-corrected chi connectivity index (χ2v) is 6.49. The van der Waals surface area contributed by atoms with Gasteiger partial charge in [-0.1, -0.05) is 0 Å². The van der Waals surface area contributed by atoms with Crippen LogP contribution in [0.3, 0.4) is 0 Å². The molecule has 0 saturated carbocycles. The summed E-state index contributed by atoms with van der Waals surface area (Å²) < 4.78 is 13.4. The number of nitrogens with one attached hydrogen (secondary N) is 2. The van der Waals surface area contributed by atoms with Gasteiger partial charge < -0.3 is 15.4 Å². The third kappa shape index (κ3) is 3.62. The number of carbonyl (C=O) groups is 1. The van der Waals surface area contributed by atoms with Gasteiger partial charge in [0.2, 0.25) is 5.91 Å². The molecule has 120 valence electrons. The molecule has 3 N–H and O–H groups in total. The Morgan fingerprint density at radius 3 is 2.86 bits per heavy atom. The highest BCUT2D eigenvalue weighted by atomic mass is 32.2. The van der Waals surface area contributed by atoms with Crippen molar-refractivity contribution in [1.82, 2.24) is 10.3 Å². The van der Waals surface area contributed by atoms with Crippen LogP contribution in [0.2, 0.25) is 0 Å². The van der Waals surface area contributed by atoms with Gasteiger partial charge in [-0.15, -0.1) is 0 Å². The Morgan fingerprint density at radius 2 is 2.23 bits per heavy atom. The summed E-state index contributed by atoms with van der Waals surface area (Å²) in [6.07, 6.45) is 2.09. The average Bonchev–Trinajstić information content (AvgIpc) is 2.76. The number of halogens is 1. The Bertz CT molecular complexity index is 667. The molecule has 0 radical (unpaired) electrons. The van der Waals surface area contributed by atoms with Crippen molar-refractivity contribution >= 4 is 28.6 Å². The molecule has 2 atom stereocenters. The number of carbonyl (C=O) groups excluding carboxylic acids is 1. The van der Waals surface area contributed by atoms with Crippen LogP contribution in [0.5, 0.6) is 0 Å². The minimum Gasteiger partial charge on any atom is -0.395 e. The molecule has 0 aliphatic carbocycles. The zero-order chi connectivity index (χ0) is 16.3. The monoisotopic (exact) mass is 324 g/mol. The van der Waals surface area contributed by atoms with Gasteiger partial charge in [-0.3, -0.25) is 4.79 Å². The lowest BCUT2D eigenvalue weighted by atomic mass is 10.1. The smallest absolute Gasteiger partial charge is 0.224 e. The summed E-state index contributed by atoms with van der Waals surface area (Å²) in [5, 5.41) is 12.9. The summed E-state index contributed by atoms with van der Waals surface area (Å²) >= 11 is 1.52. The predicted octanol–water partition coefficient (Wildman–Crippen LogP) is 2.39. The first-order valence-electron chi connectivity index (χ1n) is 7.16. The Labute approximate surface area is 133 Å². The van der Waals surface area contributed by atoms with Gasteiger partial charge in [0.15, 0.2) is 0 Å². The van der Waals surface area contributed by atoms with Crippen LogP contribution in [-0.2, 0) is 11.2 Å². The molecule has 2 unspecified atom stereocenters. The van der Waals surface area contributed by atoms with Crippen LogP contribution in [0.4, 0.5) is 4.39 Å². The topological polar surface area (TPSA) is 65.1 Å². The van der Waals surface area contributed by atoms with Crippen molar-refractivity contribution < 1.29 is 14.3 Å². The van der Waals surface area contributed by atoms with E-state index >= 15 is 0 Å². The third-order valence-corrected chi connectivity index (χ3v) is 5.01. The maximum Gasteiger partial charge on any atom is 0.224 e. The fourth-order valence-corrected chi connectivity index (χ4v) is 3.20. The average molecular weight is 324 g/mol. The number of H-pyrrole nitrogens is 1. The molecule has 6 heteroatoms. The first kappa shape index (κ1) is 16.8. The summed E-state index contributed by atoms with van der Waals surface area (Å²) in [5.74, 6) is -0.447. The van der Waals surface area contributed by atoms with Crippen LogP contribution < -0.4 is 5.32 Å². The molecule has 4 nitrogen and oxygen atoms in total. The van der Waals surface area contributed by atoms with Crippen molar-refractivity contribution in [3.05, 3.63) is 35.3 Å². The first-order valence-corrected chi connectivity index (χ1v) is 8.44. The number of aromatic amines is 1. The number of hydrogen-bond acceptors (Lipinski definition) is 3. The molecule has 1 amide bonds. The molecular weight excluding hydrogens is 303 g/mol. The second kappa shape index (κ2) is 7.15. The van der Waals surface area contributed by atoms with Crippen molar-refractivity contribution in [2.45, 2.75) is 31.6 Å². The molecule has 2 rings (SSSR count). The van der Waals surface area contributed by atoms with E-state index in [2.05, 4.69) is 10.3 Å². The van der Waals surface area contributed by atoms with Crippen molar-refractivity contribution in [2.75, 3.05) is 12.9 Å². The number of thioether (sulfide) groups is 1. The van der Waals surface area contributed by atoms with E-state index in [0.717, 1.165) is 22.2 Å². The van der Waals surface area contributed by atoms with Gasteiger partial charge >= 0.3 is 0 Å². The molecule has 0 fully saturated rings. The molecule has 1 heterocycles. The van der Waals surface area contributed by atoms with E-state index in [-0.39, 0.29) is 36.0 Å². The molecule has 0 spiro atoms. The Balaban J connectivity index is 2.15. The van der Waals surface area contributed by atoms with E-state index < -0.39 is 0 Å². The van der Waals surface area contributed by atoms with Crippen LogP contribution in [-0.4, -0.2) is 40.2 Å². The highest BCUT2D eigenvalue weighted by Gasteiger charge is 2.19. The summed E-state index contributed by atoms with van der Waals surface area (Å²) in [7, 11) is 0. The van der Waals surface area contributed by atoms with E-state index in [1.807, 2.05) is 20.1 Å². The van der Waals surface area contributed by atoms with Gasteiger partial charge in [0.25, 0.3) is 0 Å². The molecule has 2 aromatic rings. The highest BCUT2D eigenvalue weighted by molar-refractivity contribution is 7.99. The normalized spacial score (nSPS) is 14.0. The lowest BCUT2D eigenvalue weighted by molar-refractivity contribution is -0.121. The van der Waals surface area contributed by atoms with Crippen LogP contribution >= 0.6 is 11.8 Å². The maximum absolute atomic E-state index is 13.4. The molecule has 1 aromatic heterocycles. The van der Waals surface area contributed by atoms with Crippen LogP contribution in [0.1, 0.15) is 18.2 Å². The fourth-order valence-electron chi connectivity index (χ4n) is 2.58. The number of aromatic nitrogens is 1. The van der Waals surface area contributed by atoms with Gasteiger partial charge in [-0.05, 0) is 43.9 Å². The molecule has 0 aliphatic heterocycles. The number of aryl methyl sites for hydroxylation is 1. The molecule has 1 aromatic carbocycles. The van der Waals surface area contributed by atoms with Gasteiger partial charge in [0.05, 0.1) is 13.0 Å². The van der Waals surface area contributed by atoms with Crippen LogP contribution in [0.25, 0.3) is 10.9 Å². The largest absolute Gasteiger partial charge is 0.395 e. The Kier molecular flexibility index (Phi) is 5.47. The predicted molar refractivity (Wildman–Crippen MR) is 88.7 cm³/mol. The standard InChI is InChI=1S/C16H21FN2O2S/c1-9-12(13-6-11(17)4-5-14(13)18-9)7-16(21)19-10(2)15(8-20)22-3/h4-6,10,15,18,20H,7-8H2,1-3H3,(H,19,21). The third-order valence-electron chi connectivity index (χ3n) is 3.85. The lowest BCUT2D eigenvalue weighted by Crippen LogP contribution is -2.41. The SMILES string of the molecule is CSC(CO)C(C)NC(=O)Cc1c(C)[nH]c2ccc(F)cc12. The molecule has 22 heavy (non-hydrogen) atoms. The number of aliphatic hydroxyl groups excluding tert-OH is 1. The highest BCUT2D eigenvalue weighted by Crippen LogP contribution is 2.23. The number of fused-ring (bicyclic) bond motifs is 1. The van der Waals surface area contributed by atoms with E-state index in [9.17, 15) is 14.3 Å². The van der Waals surface area contributed by atoms with Gasteiger partial charge in [0.1, 0.15) is 5.82 Å². The Morgan fingerprint density at radius 1 is 1.50 bits per heavy atom. The van der Waals surface area contributed by atoms with Crippen molar-refractivity contribution in [3.8, 4) is 0 Å². The van der Waals surface area contributed by atoms with Crippen molar-refractivity contribution in [2.24, 2.45) is 0 Å². The summed E-state index contributed by atoms with van der Waals surface area (Å²) in [4.78, 5) is 15.4. The van der Waals surface area contributed by atoms with E-state index in [1.54, 1.807) is 6.07 Å². The Hall–Kier alpha value is -1.53. The molecular formula is C16H21FN2O2S. The number of benzene rings is 1. The maximum atomic E-state index is 13.4. The quantitative estimate of drug-likeness (QED) is 0.764. The number of rotatable bonds is 6. The first-order chi connectivity index (χ1) is 10.5. The van der Waals surface area contributed by atoms with Gasteiger partial charge in [0, 0.05) is 27.9 Å². The number of hydrogen-bond donors (Lipinski definition) is 3. The second-order valence-electron chi connectivity index (χ2n) is 5.41.